The van der Waals surface area contributed by atoms with Gasteiger partial charge in [-0.25, -0.2) is 0 Å². The molecule has 1 aromatic rings. The molecule has 0 saturated carbocycles. The van der Waals surface area contributed by atoms with Crippen LogP contribution in [0.4, 0.5) is 0 Å². The van der Waals surface area contributed by atoms with Crippen molar-refractivity contribution in [1.82, 2.24) is 20.0 Å². The van der Waals surface area contributed by atoms with Crippen molar-refractivity contribution in [3.63, 3.8) is 0 Å². The minimum atomic E-state index is -0.679. The lowest BCUT2D eigenvalue weighted by molar-refractivity contribution is -0.156. The van der Waals surface area contributed by atoms with E-state index in [1.165, 1.54) is 0 Å². The summed E-state index contributed by atoms with van der Waals surface area (Å²) in [6, 6.07) is 9.21. The number of piperidine rings is 1. The molecule has 0 bridgehead atoms. The molecular weight excluding hydrogens is 368 g/mol. The molecule has 7 heteroatoms. The lowest BCUT2D eigenvalue weighted by Crippen LogP contribution is -2.60. The zero-order chi connectivity index (χ0) is 20.4. The number of hydrogen-bond donors (Lipinski definition) is 1. The minimum absolute atomic E-state index is 0.00699. The molecule has 3 aliphatic heterocycles. The highest BCUT2D eigenvalue weighted by Gasteiger charge is 2.44. The summed E-state index contributed by atoms with van der Waals surface area (Å²) in [5, 5.41) is 2.98. The topological polar surface area (TPSA) is 65.1 Å². The maximum absolute atomic E-state index is 13.6. The highest BCUT2D eigenvalue weighted by molar-refractivity contribution is 5.86. The van der Waals surface area contributed by atoms with E-state index < -0.39 is 12.1 Å². The summed E-state index contributed by atoms with van der Waals surface area (Å²) >= 11 is 0. The third-order valence-electron chi connectivity index (χ3n) is 6.86. The van der Waals surface area contributed by atoms with E-state index in [1.807, 2.05) is 35.2 Å². The molecule has 3 aliphatic rings. The SMILES string of the molecule is CN1CCC2(CC1)CN(C(=O)[C@H]1OCC(=O)N[C@@H]1c1ccccc1)CCCN2C. The summed E-state index contributed by atoms with van der Waals surface area (Å²) in [6.45, 7) is 4.49. The van der Waals surface area contributed by atoms with Gasteiger partial charge in [-0.15, -0.1) is 0 Å². The number of likely N-dealkylation sites (N-methyl/N-ethyl adjacent to an activating group) is 1. The Hall–Kier alpha value is -1.96. The van der Waals surface area contributed by atoms with Crippen LogP contribution in [0, 0.1) is 0 Å². The normalized spacial score (nSPS) is 28.8. The van der Waals surface area contributed by atoms with Crippen LogP contribution in [0.1, 0.15) is 30.9 Å². The second kappa shape index (κ2) is 8.42. The van der Waals surface area contributed by atoms with Crippen LogP contribution in [0.2, 0.25) is 0 Å². The molecule has 3 saturated heterocycles. The predicted molar refractivity (Wildman–Crippen MR) is 110 cm³/mol. The fourth-order valence-electron chi connectivity index (χ4n) is 4.92. The molecular formula is C22H32N4O3. The van der Waals surface area contributed by atoms with Crippen LogP contribution in [0.25, 0.3) is 0 Å². The first-order valence-corrected chi connectivity index (χ1v) is 10.6. The van der Waals surface area contributed by atoms with Crippen LogP contribution in [0.3, 0.4) is 0 Å². The number of morpholine rings is 1. The molecule has 7 nitrogen and oxygen atoms in total. The smallest absolute Gasteiger partial charge is 0.254 e. The molecule has 0 unspecified atom stereocenters. The van der Waals surface area contributed by atoms with Crippen LogP contribution in [-0.4, -0.2) is 91.6 Å². The number of amides is 2. The summed E-state index contributed by atoms with van der Waals surface area (Å²) in [5.41, 5.74) is 0.929. The fraction of sp³-hybridized carbons (Fsp3) is 0.636. The number of ether oxygens (including phenoxy) is 1. The molecule has 4 rings (SSSR count). The van der Waals surface area contributed by atoms with Crippen molar-refractivity contribution in [3.05, 3.63) is 35.9 Å². The number of nitrogens with one attached hydrogen (secondary N) is 1. The largest absolute Gasteiger partial charge is 0.356 e. The summed E-state index contributed by atoms with van der Waals surface area (Å²) in [6.07, 6.45) is 2.40. The molecule has 1 N–H and O–H groups in total. The average molecular weight is 401 g/mol. The molecule has 3 fully saturated rings. The Kier molecular flexibility index (Phi) is 5.90. The number of rotatable bonds is 2. The Labute approximate surface area is 173 Å². The van der Waals surface area contributed by atoms with Gasteiger partial charge in [0.1, 0.15) is 6.61 Å². The lowest BCUT2D eigenvalue weighted by Gasteiger charge is -2.47. The summed E-state index contributed by atoms with van der Waals surface area (Å²) < 4.78 is 5.81. The fourth-order valence-corrected chi connectivity index (χ4v) is 4.92. The van der Waals surface area contributed by atoms with Gasteiger partial charge in [-0.05, 0) is 52.0 Å². The van der Waals surface area contributed by atoms with E-state index in [1.54, 1.807) is 0 Å². The lowest BCUT2D eigenvalue weighted by atomic mass is 9.85. The van der Waals surface area contributed by atoms with Crippen LogP contribution in [0.5, 0.6) is 0 Å². The number of carbonyl (C=O) groups excluding carboxylic acids is 2. The molecule has 1 spiro atoms. The van der Waals surface area contributed by atoms with Crippen molar-refractivity contribution in [2.75, 3.05) is 53.4 Å². The Morgan fingerprint density at radius 2 is 1.83 bits per heavy atom. The van der Waals surface area contributed by atoms with E-state index in [2.05, 4.69) is 29.2 Å². The Bertz CT molecular complexity index is 733. The van der Waals surface area contributed by atoms with E-state index >= 15 is 0 Å². The van der Waals surface area contributed by atoms with Gasteiger partial charge in [0.05, 0.1) is 6.04 Å². The van der Waals surface area contributed by atoms with Gasteiger partial charge in [0.15, 0.2) is 6.10 Å². The van der Waals surface area contributed by atoms with Crippen LogP contribution in [0.15, 0.2) is 30.3 Å². The zero-order valence-electron chi connectivity index (χ0n) is 17.5. The van der Waals surface area contributed by atoms with Crippen LogP contribution < -0.4 is 5.32 Å². The summed E-state index contributed by atoms with van der Waals surface area (Å²) in [5.74, 6) is -0.183. The van der Waals surface area contributed by atoms with Crippen LogP contribution in [-0.2, 0) is 14.3 Å². The number of nitrogens with zero attached hydrogens (tertiary/aromatic N) is 3. The second-order valence-electron chi connectivity index (χ2n) is 8.75. The van der Waals surface area contributed by atoms with Crippen molar-refractivity contribution in [1.29, 1.82) is 0 Å². The number of hydrogen-bond acceptors (Lipinski definition) is 5. The van der Waals surface area contributed by atoms with Gasteiger partial charge < -0.3 is 19.9 Å². The van der Waals surface area contributed by atoms with Crippen molar-refractivity contribution >= 4 is 11.8 Å². The maximum Gasteiger partial charge on any atom is 0.254 e. The zero-order valence-corrected chi connectivity index (χ0v) is 17.5. The predicted octanol–water partition coefficient (Wildman–Crippen LogP) is 0.871. The molecule has 158 valence electrons. The van der Waals surface area contributed by atoms with Crippen molar-refractivity contribution in [3.8, 4) is 0 Å². The van der Waals surface area contributed by atoms with Gasteiger partial charge in [0.2, 0.25) is 5.91 Å². The monoisotopic (exact) mass is 400 g/mol. The highest BCUT2D eigenvalue weighted by Crippen LogP contribution is 2.32. The van der Waals surface area contributed by atoms with Gasteiger partial charge in [0.25, 0.3) is 5.91 Å². The maximum atomic E-state index is 13.6. The van der Waals surface area contributed by atoms with Gasteiger partial charge in [-0.3, -0.25) is 14.5 Å². The minimum Gasteiger partial charge on any atom is -0.356 e. The molecule has 0 aliphatic carbocycles. The van der Waals surface area contributed by atoms with Gasteiger partial charge in [0, 0.05) is 25.2 Å². The van der Waals surface area contributed by atoms with Crippen molar-refractivity contribution in [2.45, 2.75) is 36.9 Å². The third-order valence-corrected chi connectivity index (χ3v) is 6.86. The first-order valence-electron chi connectivity index (χ1n) is 10.6. The first kappa shape index (κ1) is 20.3. The average Bonchev–Trinajstić information content (AvgIpc) is 2.90. The standard InChI is InChI=1S/C22H32N4O3/c1-24-13-9-22(10-14-24)16-26(12-6-11-25(22)2)21(28)20-19(23-18(27)15-29-20)17-7-4-3-5-8-17/h3-5,7-8,19-20H,6,9-16H2,1-2H3,(H,23,27)/t19-,20+/m1/s1. The Balaban J connectivity index is 1.56. The number of carbonyl (C=O) groups is 2. The molecule has 2 amide bonds. The van der Waals surface area contributed by atoms with Gasteiger partial charge in [-0.1, -0.05) is 30.3 Å². The van der Waals surface area contributed by atoms with E-state index in [4.69, 9.17) is 4.74 Å². The Morgan fingerprint density at radius 3 is 2.55 bits per heavy atom. The molecule has 2 atom stereocenters. The number of likely N-dealkylation sites (tertiary alicyclic amines) is 1. The van der Waals surface area contributed by atoms with Crippen molar-refractivity contribution < 1.29 is 14.3 Å². The van der Waals surface area contributed by atoms with E-state index in [0.29, 0.717) is 0 Å². The van der Waals surface area contributed by atoms with Crippen molar-refractivity contribution in [2.24, 2.45) is 0 Å². The van der Waals surface area contributed by atoms with Gasteiger partial charge >= 0.3 is 0 Å². The molecule has 29 heavy (non-hydrogen) atoms. The van der Waals surface area contributed by atoms with E-state index in [-0.39, 0.29) is 24.0 Å². The molecule has 0 radical (unpaired) electrons. The molecule has 3 heterocycles. The quantitative estimate of drug-likeness (QED) is 0.798. The second-order valence-corrected chi connectivity index (χ2v) is 8.75. The van der Waals surface area contributed by atoms with E-state index in [9.17, 15) is 9.59 Å². The van der Waals surface area contributed by atoms with Crippen LogP contribution >= 0.6 is 0 Å². The number of benzene rings is 1. The first-order chi connectivity index (χ1) is 14.0. The molecule has 0 aromatic heterocycles. The Morgan fingerprint density at radius 1 is 1.10 bits per heavy atom. The van der Waals surface area contributed by atoms with Gasteiger partial charge in [-0.2, -0.15) is 0 Å². The van der Waals surface area contributed by atoms with E-state index in [0.717, 1.165) is 57.5 Å². The highest BCUT2D eigenvalue weighted by atomic mass is 16.5. The summed E-state index contributed by atoms with van der Waals surface area (Å²) in [4.78, 5) is 32.4. The molecule has 1 aromatic carbocycles. The summed E-state index contributed by atoms with van der Waals surface area (Å²) in [7, 11) is 4.36. The third kappa shape index (κ3) is 4.17.